The van der Waals surface area contributed by atoms with Crippen molar-refractivity contribution >= 4 is 11.3 Å². The first-order valence-corrected chi connectivity index (χ1v) is 7.49. The van der Waals surface area contributed by atoms with Crippen molar-refractivity contribution < 1.29 is 0 Å². The SMILES string of the molecule is Cc1cc(N2CCC(c3nncn3C)CC2)c2nncn2n1. The first kappa shape index (κ1) is 13.2. The third-order valence-corrected chi connectivity index (χ3v) is 4.32. The zero-order valence-electron chi connectivity index (χ0n) is 12.7. The van der Waals surface area contributed by atoms with Gasteiger partial charge in [0.1, 0.15) is 18.5 Å². The molecule has 4 heterocycles. The van der Waals surface area contributed by atoms with Crippen LogP contribution in [0.2, 0.25) is 0 Å². The van der Waals surface area contributed by atoms with Crippen molar-refractivity contribution in [2.24, 2.45) is 7.05 Å². The maximum absolute atomic E-state index is 4.40. The number of piperidine rings is 1. The fourth-order valence-electron chi connectivity index (χ4n) is 3.21. The summed E-state index contributed by atoms with van der Waals surface area (Å²) in [4.78, 5) is 2.37. The minimum atomic E-state index is 0.473. The molecular formula is C14H18N8. The Morgan fingerprint density at radius 3 is 2.59 bits per heavy atom. The molecule has 0 unspecified atom stereocenters. The second-order valence-corrected chi connectivity index (χ2v) is 5.83. The lowest BCUT2D eigenvalue weighted by molar-refractivity contribution is 0.474. The summed E-state index contributed by atoms with van der Waals surface area (Å²) < 4.78 is 3.77. The van der Waals surface area contributed by atoms with Crippen molar-refractivity contribution in [1.29, 1.82) is 0 Å². The third-order valence-electron chi connectivity index (χ3n) is 4.32. The van der Waals surface area contributed by atoms with Crippen molar-refractivity contribution in [3.63, 3.8) is 0 Å². The number of rotatable bonds is 2. The molecule has 1 saturated heterocycles. The van der Waals surface area contributed by atoms with Crippen LogP contribution < -0.4 is 4.90 Å². The molecule has 3 aromatic heterocycles. The summed E-state index contributed by atoms with van der Waals surface area (Å²) in [5.41, 5.74) is 2.90. The third kappa shape index (κ3) is 2.11. The van der Waals surface area contributed by atoms with Crippen LogP contribution in [0.15, 0.2) is 18.7 Å². The molecule has 0 aliphatic carbocycles. The van der Waals surface area contributed by atoms with Gasteiger partial charge < -0.3 is 9.47 Å². The Balaban J connectivity index is 1.58. The fraction of sp³-hybridized carbons (Fsp3) is 0.500. The average molecular weight is 298 g/mol. The summed E-state index contributed by atoms with van der Waals surface area (Å²) in [7, 11) is 2.01. The van der Waals surface area contributed by atoms with Crippen LogP contribution in [-0.2, 0) is 7.05 Å². The van der Waals surface area contributed by atoms with E-state index in [1.165, 1.54) is 0 Å². The van der Waals surface area contributed by atoms with Crippen molar-refractivity contribution in [3.05, 3.63) is 30.2 Å². The molecule has 0 spiro atoms. The van der Waals surface area contributed by atoms with E-state index in [-0.39, 0.29) is 0 Å². The van der Waals surface area contributed by atoms with Gasteiger partial charge in [0.2, 0.25) is 5.65 Å². The van der Waals surface area contributed by atoms with Crippen LogP contribution in [0.3, 0.4) is 0 Å². The Labute approximate surface area is 127 Å². The van der Waals surface area contributed by atoms with Crippen molar-refractivity contribution in [2.75, 3.05) is 18.0 Å². The number of aryl methyl sites for hydroxylation is 2. The van der Waals surface area contributed by atoms with E-state index in [0.29, 0.717) is 5.92 Å². The molecule has 8 heteroatoms. The Bertz CT molecular complexity index is 796. The molecule has 3 aromatic rings. The highest BCUT2D eigenvalue weighted by molar-refractivity contribution is 5.68. The number of aromatic nitrogens is 7. The Morgan fingerprint density at radius 1 is 1.09 bits per heavy atom. The molecule has 0 aromatic carbocycles. The first-order chi connectivity index (χ1) is 10.7. The molecular weight excluding hydrogens is 280 g/mol. The maximum Gasteiger partial charge on any atom is 0.200 e. The highest BCUT2D eigenvalue weighted by atomic mass is 15.4. The molecule has 114 valence electrons. The van der Waals surface area contributed by atoms with E-state index in [2.05, 4.69) is 36.5 Å². The van der Waals surface area contributed by atoms with E-state index in [9.17, 15) is 0 Å². The zero-order chi connectivity index (χ0) is 15.1. The fourth-order valence-corrected chi connectivity index (χ4v) is 3.21. The van der Waals surface area contributed by atoms with Crippen LogP contribution in [0.5, 0.6) is 0 Å². The van der Waals surface area contributed by atoms with Crippen LogP contribution in [0, 0.1) is 6.92 Å². The van der Waals surface area contributed by atoms with Gasteiger partial charge in [-0.3, -0.25) is 0 Å². The molecule has 0 atom stereocenters. The van der Waals surface area contributed by atoms with Crippen LogP contribution in [-0.4, -0.2) is 47.7 Å². The van der Waals surface area contributed by atoms with E-state index in [1.54, 1.807) is 17.2 Å². The second-order valence-electron chi connectivity index (χ2n) is 5.83. The predicted molar refractivity (Wildman–Crippen MR) is 80.7 cm³/mol. The minimum absolute atomic E-state index is 0.473. The molecule has 1 aliphatic heterocycles. The average Bonchev–Trinajstić information content (AvgIpc) is 3.15. The lowest BCUT2D eigenvalue weighted by Gasteiger charge is -2.33. The topological polar surface area (TPSA) is 77.0 Å². The van der Waals surface area contributed by atoms with Gasteiger partial charge in [-0.1, -0.05) is 0 Å². The highest BCUT2D eigenvalue weighted by Gasteiger charge is 2.25. The summed E-state index contributed by atoms with van der Waals surface area (Å²) in [6.07, 6.45) is 5.55. The van der Waals surface area contributed by atoms with Crippen molar-refractivity contribution in [2.45, 2.75) is 25.7 Å². The second kappa shape index (κ2) is 5.04. The number of anilines is 1. The van der Waals surface area contributed by atoms with Crippen molar-refractivity contribution in [3.8, 4) is 0 Å². The number of hydrogen-bond acceptors (Lipinski definition) is 6. The molecule has 0 bridgehead atoms. The minimum Gasteiger partial charge on any atom is -0.368 e. The number of hydrogen-bond donors (Lipinski definition) is 0. The zero-order valence-corrected chi connectivity index (χ0v) is 12.7. The van der Waals surface area contributed by atoms with Gasteiger partial charge in [0.15, 0.2) is 0 Å². The van der Waals surface area contributed by atoms with E-state index in [0.717, 1.165) is 48.8 Å². The van der Waals surface area contributed by atoms with Gasteiger partial charge in [-0.2, -0.15) is 9.61 Å². The monoisotopic (exact) mass is 298 g/mol. The molecule has 0 radical (unpaired) electrons. The van der Waals surface area contributed by atoms with E-state index in [4.69, 9.17) is 0 Å². The smallest absolute Gasteiger partial charge is 0.200 e. The molecule has 0 N–H and O–H groups in total. The summed E-state index contributed by atoms with van der Waals surface area (Å²) in [6.45, 7) is 3.95. The van der Waals surface area contributed by atoms with E-state index >= 15 is 0 Å². The van der Waals surface area contributed by atoms with Crippen LogP contribution in [0.1, 0.15) is 30.3 Å². The van der Waals surface area contributed by atoms with Crippen molar-refractivity contribution in [1.82, 2.24) is 34.6 Å². The first-order valence-electron chi connectivity index (χ1n) is 7.49. The van der Waals surface area contributed by atoms with E-state index < -0.39 is 0 Å². The highest BCUT2D eigenvalue weighted by Crippen LogP contribution is 2.30. The molecule has 4 rings (SSSR count). The molecule has 0 saturated carbocycles. The normalized spacial score (nSPS) is 16.5. The van der Waals surface area contributed by atoms with Crippen LogP contribution in [0.25, 0.3) is 5.65 Å². The molecule has 1 fully saturated rings. The molecule has 0 amide bonds. The van der Waals surface area contributed by atoms with E-state index in [1.807, 2.05) is 18.5 Å². The lowest BCUT2D eigenvalue weighted by Crippen LogP contribution is -2.34. The summed E-state index contributed by atoms with van der Waals surface area (Å²) >= 11 is 0. The predicted octanol–water partition coefficient (Wildman–Crippen LogP) is 0.945. The summed E-state index contributed by atoms with van der Waals surface area (Å²) in [5.74, 6) is 1.55. The largest absolute Gasteiger partial charge is 0.368 e. The van der Waals surface area contributed by atoms with Gasteiger partial charge >= 0.3 is 0 Å². The number of nitrogens with zero attached hydrogens (tertiary/aromatic N) is 8. The molecule has 8 nitrogen and oxygen atoms in total. The van der Waals surface area contributed by atoms with Gasteiger partial charge in [0, 0.05) is 26.1 Å². The Morgan fingerprint density at radius 2 is 1.86 bits per heavy atom. The summed E-state index contributed by atoms with van der Waals surface area (Å²) in [6, 6.07) is 2.09. The lowest BCUT2D eigenvalue weighted by atomic mass is 9.95. The van der Waals surface area contributed by atoms with Crippen LogP contribution >= 0.6 is 0 Å². The van der Waals surface area contributed by atoms with Gasteiger partial charge in [-0.15, -0.1) is 20.4 Å². The molecule has 22 heavy (non-hydrogen) atoms. The van der Waals surface area contributed by atoms with Gasteiger partial charge in [-0.05, 0) is 25.8 Å². The van der Waals surface area contributed by atoms with Crippen LogP contribution in [0.4, 0.5) is 5.69 Å². The van der Waals surface area contributed by atoms with Gasteiger partial charge in [0.25, 0.3) is 0 Å². The molecule has 1 aliphatic rings. The maximum atomic E-state index is 4.40. The summed E-state index contributed by atoms with van der Waals surface area (Å²) in [5, 5.41) is 20.8. The number of fused-ring (bicyclic) bond motifs is 1. The Hall–Kier alpha value is -2.51. The van der Waals surface area contributed by atoms with Gasteiger partial charge in [0.05, 0.1) is 11.4 Å². The standard InChI is InChI=1S/C14H18N8/c1-10-7-12(14-18-16-9-22(14)19-10)21-5-3-11(4-6-21)13-17-15-8-20(13)2/h7-9,11H,3-6H2,1-2H3. The quantitative estimate of drug-likeness (QED) is 0.701. The Kier molecular flexibility index (Phi) is 3.02. The van der Waals surface area contributed by atoms with Gasteiger partial charge in [-0.25, -0.2) is 0 Å².